The minimum atomic E-state index is -0.213. The Hall–Kier alpha value is -1.54. The monoisotopic (exact) mass is 265 g/mol. The van der Waals surface area contributed by atoms with Gasteiger partial charge in [-0.25, -0.2) is 0 Å². The van der Waals surface area contributed by atoms with E-state index in [-0.39, 0.29) is 24.1 Å². The number of nitriles is 1. The van der Waals surface area contributed by atoms with E-state index in [0.717, 1.165) is 32.4 Å². The molecule has 19 heavy (non-hydrogen) atoms. The van der Waals surface area contributed by atoms with Crippen LogP contribution in [0.2, 0.25) is 0 Å². The number of carbonyl (C=O) groups excluding carboxylic acids is 1. The summed E-state index contributed by atoms with van der Waals surface area (Å²) in [7, 11) is 0. The number of rotatable bonds is 5. The van der Waals surface area contributed by atoms with Gasteiger partial charge in [-0.3, -0.25) is 4.79 Å². The van der Waals surface area contributed by atoms with Crippen molar-refractivity contribution in [2.45, 2.75) is 39.2 Å². The van der Waals surface area contributed by atoms with Gasteiger partial charge in [0.25, 0.3) is 5.91 Å². The summed E-state index contributed by atoms with van der Waals surface area (Å²) in [6.07, 6.45) is 4.16. The van der Waals surface area contributed by atoms with Crippen LogP contribution in [0.5, 0.6) is 0 Å². The Kier molecular flexibility index (Phi) is 6.37. The van der Waals surface area contributed by atoms with Gasteiger partial charge in [-0.15, -0.1) is 0 Å². The second-order valence-electron chi connectivity index (χ2n) is 5.10. The Labute approximate surface area is 114 Å². The molecule has 1 aliphatic rings. The Balaban J connectivity index is 2.61. The summed E-state index contributed by atoms with van der Waals surface area (Å²) >= 11 is 0. The Bertz CT molecular complexity index is 361. The number of piperidine rings is 1. The average molecular weight is 265 g/mol. The van der Waals surface area contributed by atoms with E-state index in [2.05, 4.69) is 12.2 Å². The lowest BCUT2D eigenvalue weighted by atomic mass is 9.99. The summed E-state index contributed by atoms with van der Waals surface area (Å²) in [6, 6.07) is 1.83. The molecule has 0 aliphatic carbocycles. The van der Waals surface area contributed by atoms with Crippen molar-refractivity contribution in [3.63, 3.8) is 0 Å². The highest BCUT2D eigenvalue weighted by atomic mass is 16.3. The third-order valence-corrected chi connectivity index (χ3v) is 3.60. The lowest BCUT2D eigenvalue weighted by Gasteiger charge is -2.30. The van der Waals surface area contributed by atoms with Gasteiger partial charge in [-0.05, 0) is 25.2 Å². The van der Waals surface area contributed by atoms with Crippen molar-refractivity contribution in [1.29, 1.82) is 5.26 Å². The van der Waals surface area contributed by atoms with Gasteiger partial charge in [0.05, 0.1) is 6.61 Å². The highest BCUT2D eigenvalue weighted by molar-refractivity contribution is 5.97. The lowest BCUT2D eigenvalue weighted by molar-refractivity contribution is -0.128. The van der Waals surface area contributed by atoms with Crippen molar-refractivity contribution in [1.82, 2.24) is 10.2 Å². The summed E-state index contributed by atoms with van der Waals surface area (Å²) in [6.45, 7) is 5.53. The van der Waals surface area contributed by atoms with Crippen LogP contribution in [0.3, 0.4) is 0 Å². The third kappa shape index (κ3) is 4.56. The molecule has 5 heteroatoms. The molecule has 0 aromatic carbocycles. The predicted molar refractivity (Wildman–Crippen MR) is 73.0 cm³/mol. The topological polar surface area (TPSA) is 76.4 Å². The van der Waals surface area contributed by atoms with Gasteiger partial charge in [-0.2, -0.15) is 5.26 Å². The summed E-state index contributed by atoms with van der Waals surface area (Å²) in [4.78, 5) is 13.9. The molecular formula is C14H23N3O2. The van der Waals surface area contributed by atoms with Crippen molar-refractivity contribution >= 4 is 5.91 Å². The zero-order chi connectivity index (χ0) is 14.3. The number of hydrogen-bond acceptors (Lipinski definition) is 4. The molecule has 106 valence electrons. The SMILES string of the molecule is CCC(CO)N/C=C(/C#N)C(=O)N1CCC(C)CC1. The Morgan fingerprint density at radius 1 is 1.58 bits per heavy atom. The predicted octanol–water partition coefficient (Wildman–Crippen LogP) is 1.01. The van der Waals surface area contributed by atoms with Crippen molar-refractivity contribution in [2.75, 3.05) is 19.7 Å². The van der Waals surface area contributed by atoms with Crippen LogP contribution in [-0.2, 0) is 4.79 Å². The molecule has 0 aromatic heterocycles. The van der Waals surface area contributed by atoms with Crippen molar-refractivity contribution in [2.24, 2.45) is 5.92 Å². The maximum absolute atomic E-state index is 12.2. The fourth-order valence-corrected chi connectivity index (χ4v) is 2.02. The molecule has 1 amide bonds. The third-order valence-electron chi connectivity index (χ3n) is 3.60. The normalized spacial score (nSPS) is 18.8. The van der Waals surface area contributed by atoms with Crippen LogP contribution in [0.15, 0.2) is 11.8 Å². The van der Waals surface area contributed by atoms with E-state index in [0.29, 0.717) is 5.92 Å². The number of nitrogens with zero attached hydrogens (tertiary/aromatic N) is 2. The van der Waals surface area contributed by atoms with E-state index in [9.17, 15) is 4.79 Å². The molecule has 1 heterocycles. The summed E-state index contributed by atoms with van der Waals surface area (Å²) < 4.78 is 0. The van der Waals surface area contributed by atoms with Crippen molar-refractivity contribution < 1.29 is 9.90 Å². The standard InChI is InChI=1S/C14H23N3O2/c1-3-13(10-18)16-9-12(8-15)14(19)17-6-4-11(2)5-7-17/h9,11,13,16,18H,3-7,10H2,1-2H3/b12-9-. The largest absolute Gasteiger partial charge is 0.394 e. The first kappa shape index (κ1) is 15.5. The van der Waals surface area contributed by atoms with Gasteiger partial charge in [0, 0.05) is 25.3 Å². The van der Waals surface area contributed by atoms with Crippen molar-refractivity contribution in [3.05, 3.63) is 11.8 Å². The maximum Gasteiger partial charge on any atom is 0.265 e. The highest BCUT2D eigenvalue weighted by Gasteiger charge is 2.23. The molecular weight excluding hydrogens is 242 g/mol. The van der Waals surface area contributed by atoms with E-state index in [1.807, 2.05) is 13.0 Å². The van der Waals surface area contributed by atoms with E-state index in [4.69, 9.17) is 10.4 Å². The van der Waals surface area contributed by atoms with Crippen LogP contribution in [0.1, 0.15) is 33.1 Å². The van der Waals surface area contributed by atoms with E-state index in [1.165, 1.54) is 6.20 Å². The summed E-state index contributed by atoms with van der Waals surface area (Å²) in [5.41, 5.74) is 0.112. The molecule has 1 atom stereocenters. The van der Waals surface area contributed by atoms with Gasteiger partial charge in [0.2, 0.25) is 0 Å². The maximum atomic E-state index is 12.2. The Morgan fingerprint density at radius 2 is 2.21 bits per heavy atom. The summed E-state index contributed by atoms with van der Waals surface area (Å²) in [5, 5.41) is 21.0. The smallest absolute Gasteiger partial charge is 0.265 e. The number of hydrogen-bond donors (Lipinski definition) is 2. The Morgan fingerprint density at radius 3 is 2.68 bits per heavy atom. The molecule has 1 fully saturated rings. The quantitative estimate of drug-likeness (QED) is 0.574. The van der Waals surface area contributed by atoms with Crippen LogP contribution in [0.4, 0.5) is 0 Å². The fraction of sp³-hybridized carbons (Fsp3) is 0.714. The second kappa shape index (κ2) is 7.80. The minimum absolute atomic E-state index is 0.0128. The number of amides is 1. The molecule has 0 spiro atoms. The van der Waals surface area contributed by atoms with E-state index < -0.39 is 0 Å². The van der Waals surface area contributed by atoms with Gasteiger partial charge < -0.3 is 15.3 Å². The number of aliphatic hydroxyl groups excluding tert-OH is 1. The molecule has 1 unspecified atom stereocenters. The number of nitrogens with one attached hydrogen (secondary N) is 1. The van der Waals surface area contributed by atoms with E-state index >= 15 is 0 Å². The molecule has 0 bridgehead atoms. The van der Waals surface area contributed by atoms with Crippen LogP contribution in [-0.4, -0.2) is 41.7 Å². The van der Waals surface area contributed by atoms with Crippen LogP contribution < -0.4 is 5.32 Å². The molecule has 1 aliphatic heterocycles. The first-order valence-electron chi connectivity index (χ1n) is 6.88. The molecule has 0 aromatic rings. The fourth-order valence-electron chi connectivity index (χ4n) is 2.02. The van der Waals surface area contributed by atoms with Gasteiger partial charge in [0.15, 0.2) is 0 Å². The number of aliphatic hydroxyl groups is 1. The first-order valence-corrected chi connectivity index (χ1v) is 6.88. The first-order chi connectivity index (χ1) is 9.12. The lowest BCUT2D eigenvalue weighted by Crippen LogP contribution is -2.39. The minimum Gasteiger partial charge on any atom is -0.394 e. The molecule has 0 radical (unpaired) electrons. The van der Waals surface area contributed by atoms with Gasteiger partial charge >= 0.3 is 0 Å². The van der Waals surface area contributed by atoms with Gasteiger partial charge in [-0.1, -0.05) is 13.8 Å². The van der Waals surface area contributed by atoms with Crippen LogP contribution in [0.25, 0.3) is 0 Å². The van der Waals surface area contributed by atoms with Crippen LogP contribution in [0, 0.1) is 17.2 Å². The van der Waals surface area contributed by atoms with E-state index in [1.54, 1.807) is 4.90 Å². The van der Waals surface area contributed by atoms with Gasteiger partial charge in [0.1, 0.15) is 11.6 Å². The molecule has 5 nitrogen and oxygen atoms in total. The molecule has 0 saturated carbocycles. The average Bonchev–Trinajstić information content (AvgIpc) is 2.44. The number of carbonyl (C=O) groups is 1. The zero-order valence-electron chi connectivity index (χ0n) is 11.7. The zero-order valence-corrected chi connectivity index (χ0v) is 11.7. The molecule has 2 N–H and O–H groups in total. The molecule has 1 rings (SSSR count). The number of likely N-dealkylation sites (tertiary alicyclic amines) is 1. The van der Waals surface area contributed by atoms with Crippen LogP contribution >= 0.6 is 0 Å². The summed E-state index contributed by atoms with van der Waals surface area (Å²) in [5.74, 6) is 0.435. The highest BCUT2D eigenvalue weighted by Crippen LogP contribution is 2.17. The second-order valence-corrected chi connectivity index (χ2v) is 5.10. The van der Waals surface area contributed by atoms with Crippen molar-refractivity contribution in [3.8, 4) is 6.07 Å². The molecule has 1 saturated heterocycles.